The number of ether oxygens (including phenoxy) is 1. The van der Waals surface area contributed by atoms with Crippen LogP contribution >= 0.6 is 0 Å². The van der Waals surface area contributed by atoms with Crippen molar-refractivity contribution in [2.45, 2.75) is 125 Å². The van der Waals surface area contributed by atoms with Gasteiger partial charge in [-0.05, 0) is 11.1 Å². The van der Waals surface area contributed by atoms with Crippen LogP contribution in [-0.2, 0) is 27.4 Å². The third-order valence-electron chi connectivity index (χ3n) is 6.91. The van der Waals surface area contributed by atoms with Crippen LogP contribution in [0.3, 0.4) is 0 Å². The van der Waals surface area contributed by atoms with E-state index in [1.54, 1.807) is 76.3 Å². The first-order chi connectivity index (χ1) is 19.4. The van der Waals surface area contributed by atoms with Gasteiger partial charge in [0, 0.05) is 18.8 Å². The Hall–Kier alpha value is -1.86. The molecule has 2 aromatic rings. The summed E-state index contributed by atoms with van der Waals surface area (Å²) in [6.07, 6.45) is 16.9. The van der Waals surface area contributed by atoms with Crippen LogP contribution in [0.1, 0.15) is 108 Å². The fraction of sp³-hybridized carbons (Fsp3) is 0.588. The topological polar surface area (TPSA) is 89.5 Å². The van der Waals surface area contributed by atoms with Gasteiger partial charge in [-0.25, -0.2) is 0 Å². The number of carboxylic acid groups (broad SMARTS) is 2. The van der Waals surface area contributed by atoms with Crippen molar-refractivity contribution >= 4 is 33.1 Å². The maximum atomic E-state index is 11.7. The van der Waals surface area contributed by atoms with Crippen molar-refractivity contribution in [3.05, 3.63) is 71.8 Å². The Labute approximate surface area is 253 Å². The fourth-order valence-electron chi connectivity index (χ4n) is 4.51. The van der Waals surface area contributed by atoms with Gasteiger partial charge in [-0.1, -0.05) is 60.7 Å². The Balaban J connectivity index is 0.000000421. The molecule has 2 rings (SSSR count). The minimum absolute atomic E-state index is 0.0328. The van der Waals surface area contributed by atoms with Crippen LogP contribution in [0.2, 0.25) is 8.87 Å². The van der Waals surface area contributed by atoms with Crippen molar-refractivity contribution in [1.82, 2.24) is 0 Å². The van der Waals surface area contributed by atoms with Crippen molar-refractivity contribution < 1.29 is 24.5 Å². The maximum Gasteiger partial charge on any atom is 0.117 e. The zero-order chi connectivity index (χ0) is 29.3. The first-order valence-electron chi connectivity index (χ1n) is 15.3. The molecule has 40 heavy (non-hydrogen) atoms. The maximum absolute atomic E-state index is 11.7. The smallest absolute Gasteiger partial charge is 0.117 e. The molecule has 6 heteroatoms. The summed E-state index contributed by atoms with van der Waals surface area (Å²) in [5, 5.41) is 22.7. The molecular weight excluding hydrogens is 607 g/mol. The van der Waals surface area contributed by atoms with Crippen molar-refractivity contribution in [3.8, 4) is 0 Å². The predicted octanol–water partition coefficient (Wildman–Crippen LogP) is 6.32. The summed E-state index contributed by atoms with van der Waals surface area (Å²) in [5.74, 6) is -3.07. The molecule has 2 aromatic carbocycles. The number of hydrogen-bond donors (Lipinski definition) is 0. The average molecular weight is 657 g/mol. The first-order valence-corrected chi connectivity index (χ1v) is 19.3. The van der Waals surface area contributed by atoms with Crippen LogP contribution in [0.4, 0.5) is 0 Å². The second kappa shape index (κ2) is 23.8. The van der Waals surface area contributed by atoms with Crippen LogP contribution in [0, 0.1) is 0 Å². The standard InChI is InChI=1S/C18H18O5.2C8H17.Sn/c19-16(20)12-18(17(21)22,11-14-7-3-1-4-8-14)23-13-15-9-5-2-6-10-15;2*1-3-5-7-8-6-4-2;/h1-10H,11-13H2,(H,19,20)(H,21,22);2*1,3-8H2,2H3;/q;;;+2/p-2. The molecule has 0 heterocycles. The quantitative estimate of drug-likeness (QED) is 0.109. The Morgan fingerprint density at radius 1 is 0.675 bits per heavy atom. The zero-order valence-corrected chi connectivity index (χ0v) is 27.7. The minimum atomic E-state index is -1.98. The van der Waals surface area contributed by atoms with Gasteiger partial charge < -0.3 is 24.5 Å². The van der Waals surface area contributed by atoms with E-state index in [0.29, 0.717) is 5.56 Å². The second-order valence-corrected chi connectivity index (χ2v) is 14.8. The van der Waals surface area contributed by atoms with E-state index >= 15 is 0 Å². The number of aliphatic carboxylic acids is 2. The van der Waals surface area contributed by atoms with E-state index in [9.17, 15) is 19.8 Å². The number of carbonyl (C=O) groups excluding carboxylic acids is 2. The molecule has 0 aliphatic carbocycles. The van der Waals surface area contributed by atoms with Gasteiger partial charge in [-0.15, -0.1) is 0 Å². The van der Waals surface area contributed by atoms with Crippen LogP contribution < -0.4 is 10.2 Å². The van der Waals surface area contributed by atoms with Crippen LogP contribution in [-0.4, -0.2) is 38.7 Å². The summed E-state index contributed by atoms with van der Waals surface area (Å²) in [5.41, 5.74) is -0.591. The van der Waals surface area contributed by atoms with Crippen LogP contribution in [0.15, 0.2) is 60.7 Å². The molecule has 0 spiro atoms. The molecule has 5 nitrogen and oxygen atoms in total. The summed E-state index contributed by atoms with van der Waals surface area (Å²) < 4.78 is 8.82. The van der Waals surface area contributed by atoms with Crippen molar-refractivity contribution in [2.24, 2.45) is 0 Å². The van der Waals surface area contributed by atoms with E-state index in [4.69, 9.17) is 4.74 Å². The predicted molar refractivity (Wildman–Crippen MR) is 161 cm³/mol. The first kappa shape index (κ1) is 36.2. The van der Waals surface area contributed by atoms with Gasteiger partial charge in [0.15, 0.2) is 0 Å². The molecule has 0 radical (unpaired) electrons. The van der Waals surface area contributed by atoms with Gasteiger partial charge in [-0.2, -0.15) is 0 Å². The summed E-state index contributed by atoms with van der Waals surface area (Å²) in [7, 11) is 0. The number of unbranched alkanes of at least 4 members (excludes halogenated alkanes) is 10. The van der Waals surface area contributed by atoms with E-state index < -0.39 is 24.0 Å². The SMILES string of the molecule is CCCCCCC[CH2][Sn+2][CH2]CCCCCCC.O=C([O-])CC(Cc1ccccc1)(OCc1ccccc1)C(=O)[O-]. The van der Waals surface area contributed by atoms with Gasteiger partial charge in [0.05, 0.1) is 12.6 Å². The van der Waals surface area contributed by atoms with E-state index in [-0.39, 0.29) is 34.2 Å². The van der Waals surface area contributed by atoms with Gasteiger partial charge in [-0.3, -0.25) is 0 Å². The van der Waals surface area contributed by atoms with Crippen molar-refractivity contribution in [2.75, 3.05) is 0 Å². The molecule has 220 valence electrons. The molecule has 0 bridgehead atoms. The van der Waals surface area contributed by atoms with Gasteiger partial charge >= 0.3 is 121 Å². The number of rotatable bonds is 22. The average Bonchev–Trinajstić information content (AvgIpc) is 2.95. The molecule has 1 unspecified atom stereocenters. The number of hydrogen-bond acceptors (Lipinski definition) is 5. The fourth-order valence-corrected chi connectivity index (χ4v) is 8.08. The molecule has 0 fully saturated rings. The summed E-state index contributed by atoms with van der Waals surface area (Å²) in [4.78, 5) is 22.7. The van der Waals surface area contributed by atoms with Crippen LogP contribution in [0.5, 0.6) is 0 Å². The monoisotopic (exact) mass is 658 g/mol. The molecule has 0 N–H and O–H groups in total. The molecule has 0 aromatic heterocycles. The largest absolute Gasteiger partial charge is 0.550 e. The summed E-state index contributed by atoms with van der Waals surface area (Å²) in [6.45, 7) is 4.57. The van der Waals surface area contributed by atoms with E-state index in [0.717, 1.165) is 5.56 Å². The molecule has 0 amide bonds. The van der Waals surface area contributed by atoms with Gasteiger partial charge in [0.2, 0.25) is 0 Å². The van der Waals surface area contributed by atoms with Gasteiger partial charge in [0.25, 0.3) is 0 Å². The normalized spacial score (nSPS) is 12.1. The van der Waals surface area contributed by atoms with Crippen molar-refractivity contribution in [3.63, 3.8) is 0 Å². The Morgan fingerprint density at radius 3 is 1.57 bits per heavy atom. The Kier molecular flexibility index (Phi) is 21.5. The zero-order valence-electron chi connectivity index (χ0n) is 24.8. The molecular formula is C34H50O5Sn. The molecule has 0 saturated heterocycles. The molecule has 0 aliphatic heterocycles. The second-order valence-electron chi connectivity index (χ2n) is 10.6. The van der Waals surface area contributed by atoms with Gasteiger partial charge in [0.1, 0.15) is 5.60 Å². The number of benzene rings is 2. The molecule has 1 atom stereocenters. The number of carboxylic acids is 2. The van der Waals surface area contributed by atoms with E-state index in [2.05, 4.69) is 13.8 Å². The van der Waals surface area contributed by atoms with E-state index in [1.165, 1.54) is 64.2 Å². The Bertz CT molecular complexity index is 876. The minimum Gasteiger partial charge on any atom is -0.550 e. The van der Waals surface area contributed by atoms with E-state index in [1.807, 2.05) is 6.07 Å². The third-order valence-corrected chi connectivity index (χ3v) is 10.9. The van der Waals surface area contributed by atoms with Crippen molar-refractivity contribution in [1.29, 1.82) is 0 Å². The third kappa shape index (κ3) is 17.7. The summed E-state index contributed by atoms with van der Waals surface area (Å²) >= 11 is 0.0736. The van der Waals surface area contributed by atoms with Crippen LogP contribution in [0.25, 0.3) is 0 Å². The molecule has 0 aliphatic rings. The number of carbonyl (C=O) groups is 2. The molecule has 0 saturated carbocycles. The summed E-state index contributed by atoms with van der Waals surface area (Å²) in [6, 6.07) is 17.6. The Morgan fingerprint density at radius 2 is 1.12 bits per heavy atom.